The van der Waals surface area contributed by atoms with Gasteiger partial charge in [-0.1, -0.05) is 13.3 Å². The Bertz CT molecular complexity index is 387. The summed E-state index contributed by atoms with van der Waals surface area (Å²) < 4.78 is 5.19. The van der Waals surface area contributed by atoms with Gasteiger partial charge in [0.1, 0.15) is 0 Å². The van der Waals surface area contributed by atoms with Crippen LogP contribution < -0.4 is 0 Å². The van der Waals surface area contributed by atoms with Crippen molar-refractivity contribution in [3.05, 3.63) is 24.2 Å². The molecule has 1 saturated heterocycles. The molecule has 2 atom stereocenters. The molecule has 0 unspecified atom stereocenters. The van der Waals surface area contributed by atoms with Gasteiger partial charge in [-0.25, -0.2) is 0 Å². The second-order valence-corrected chi connectivity index (χ2v) is 5.27. The molecule has 4 nitrogen and oxygen atoms in total. The van der Waals surface area contributed by atoms with Gasteiger partial charge in [0.2, 0.25) is 0 Å². The number of rotatable bonds is 4. The molecule has 0 radical (unpaired) electrons. The molecule has 1 amide bonds. The Kier molecular flexibility index (Phi) is 4.07. The van der Waals surface area contributed by atoms with E-state index in [2.05, 4.69) is 25.9 Å². The first-order chi connectivity index (χ1) is 8.63. The van der Waals surface area contributed by atoms with E-state index < -0.39 is 0 Å². The SMILES string of the molecule is CCC[C@@H]1CN(C(=O)c2ccco2)C[C@H]1N(C)C. The lowest BCUT2D eigenvalue weighted by Crippen LogP contribution is -2.36. The van der Waals surface area contributed by atoms with Crippen molar-refractivity contribution < 1.29 is 9.21 Å². The van der Waals surface area contributed by atoms with Gasteiger partial charge in [0, 0.05) is 19.1 Å². The monoisotopic (exact) mass is 250 g/mol. The molecule has 0 aromatic carbocycles. The Morgan fingerprint density at radius 1 is 1.50 bits per heavy atom. The zero-order valence-electron chi connectivity index (χ0n) is 11.4. The van der Waals surface area contributed by atoms with Crippen LogP contribution in [0.4, 0.5) is 0 Å². The minimum Gasteiger partial charge on any atom is -0.459 e. The summed E-state index contributed by atoms with van der Waals surface area (Å²) in [5, 5.41) is 0. The number of likely N-dealkylation sites (tertiary alicyclic amines) is 1. The van der Waals surface area contributed by atoms with E-state index in [9.17, 15) is 4.79 Å². The number of carbonyl (C=O) groups is 1. The summed E-state index contributed by atoms with van der Waals surface area (Å²) in [6.07, 6.45) is 3.89. The second kappa shape index (κ2) is 5.57. The predicted molar refractivity (Wildman–Crippen MR) is 70.5 cm³/mol. The third-order valence-corrected chi connectivity index (χ3v) is 3.75. The summed E-state index contributed by atoms with van der Waals surface area (Å²) in [6, 6.07) is 3.96. The Morgan fingerprint density at radius 2 is 2.28 bits per heavy atom. The van der Waals surface area contributed by atoms with Gasteiger partial charge in [-0.15, -0.1) is 0 Å². The summed E-state index contributed by atoms with van der Waals surface area (Å²) in [7, 11) is 4.18. The maximum Gasteiger partial charge on any atom is 0.289 e. The van der Waals surface area contributed by atoms with Crippen LogP contribution in [0.2, 0.25) is 0 Å². The Balaban J connectivity index is 2.06. The number of likely N-dealkylation sites (N-methyl/N-ethyl adjacent to an activating group) is 1. The van der Waals surface area contributed by atoms with E-state index in [1.807, 2.05) is 4.90 Å². The average molecular weight is 250 g/mol. The van der Waals surface area contributed by atoms with Crippen LogP contribution in [0, 0.1) is 5.92 Å². The van der Waals surface area contributed by atoms with Crippen molar-refractivity contribution in [2.75, 3.05) is 27.2 Å². The first-order valence-corrected chi connectivity index (χ1v) is 6.62. The van der Waals surface area contributed by atoms with Crippen LogP contribution >= 0.6 is 0 Å². The summed E-state index contributed by atoms with van der Waals surface area (Å²) in [5.41, 5.74) is 0. The van der Waals surface area contributed by atoms with E-state index in [-0.39, 0.29) is 5.91 Å². The fraction of sp³-hybridized carbons (Fsp3) is 0.643. The van der Waals surface area contributed by atoms with Crippen LogP contribution in [0.5, 0.6) is 0 Å². The zero-order valence-corrected chi connectivity index (χ0v) is 11.4. The van der Waals surface area contributed by atoms with Crippen molar-refractivity contribution in [3.8, 4) is 0 Å². The van der Waals surface area contributed by atoms with Crippen molar-refractivity contribution >= 4 is 5.91 Å². The highest BCUT2D eigenvalue weighted by atomic mass is 16.3. The van der Waals surface area contributed by atoms with Crippen molar-refractivity contribution in [2.24, 2.45) is 5.92 Å². The molecule has 1 aliphatic heterocycles. The third-order valence-electron chi connectivity index (χ3n) is 3.75. The predicted octanol–water partition coefficient (Wildman–Crippen LogP) is 2.08. The number of nitrogens with zero attached hydrogens (tertiary/aromatic N) is 2. The summed E-state index contributed by atoms with van der Waals surface area (Å²) in [4.78, 5) is 16.4. The van der Waals surface area contributed by atoms with Gasteiger partial charge in [-0.05, 0) is 38.6 Å². The molecule has 2 heterocycles. The highest BCUT2D eigenvalue weighted by Crippen LogP contribution is 2.26. The first kappa shape index (κ1) is 13.1. The van der Waals surface area contributed by atoms with E-state index in [1.165, 1.54) is 6.42 Å². The number of hydrogen-bond donors (Lipinski definition) is 0. The molecule has 1 aromatic rings. The largest absolute Gasteiger partial charge is 0.459 e. The molecule has 0 saturated carbocycles. The molecule has 1 aromatic heterocycles. The van der Waals surface area contributed by atoms with Crippen LogP contribution in [0.3, 0.4) is 0 Å². The van der Waals surface area contributed by atoms with Crippen LogP contribution in [-0.2, 0) is 0 Å². The molecule has 0 spiro atoms. The lowest BCUT2D eigenvalue weighted by atomic mass is 9.98. The smallest absolute Gasteiger partial charge is 0.289 e. The van der Waals surface area contributed by atoms with E-state index >= 15 is 0 Å². The van der Waals surface area contributed by atoms with Gasteiger partial charge in [-0.2, -0.15) is 0 Å². The van der Waals surface area contributed by atoms with Crippen molar-refractivity contribution in [2.45, 2.75) is 25.8 Å². The number of amides is 1. The van der Waals surface area contributed by atoms with Gasteiger partial charge in [-0.3, -0.25) is 4.79 Å². The molecule has 100 valence electrons. The molecule has 18 heavy (non-hydrogen) atoms. The van der Waals surface area contributed by atoms with Gasteiger partial charge < -0.3 is 14.2 Å². The topological polar surface area (TPSA) is 36.7 Å². The first-order valence-electron chi connectivity index (χ1n) is 6.62. The highest BCUT2D eigenvalue weighted by molar-refractivity contribution is 5.91. The van der Waals surface area contributed by atoms with Crippen molar-refractivity contribution in [3.63, 3.8) is 0 Å². The molecule has 0 aliphatic carbocycles. The number of carbonyl (C=O) groups excluding carboxylic acids is 1. The summed E-state index contributed by atoms with van der Waals surface area (Å²) >= 11 is 0. The molecule has 0 bridgehead atoms. The Hall–Kier alpha value is -1.29. The average Bonchev–Trinajstić information content (AvgIpc) is 2.97. The van der Waals surface area contributed by atoms with Crippen molar-refractivity contribution in [1.82, 2.24) is 9.80 Å². The molecule has 1 aliphatic rings. The molecular formula is C14H22N2O2. The molecule has 1 fully saturated rings. The zero-order chi connectivity index (χ0) is 13.1. The fourth-order valence-corrected chi connectivity index (χ4v) is 2.82. The minimum absolute atomic E-state index is 0.0189. The Morgan fingerprint density at radius 3 is 2.83 bits per heavy atom. The van der Waals surface area contributed by atoms with Crippen LogP contribution in [-0.4, -0.2) is 48.9 Å². The highest BCUT2D eigenvalue weighted by Gasteiger charge is 2.36. The Labute approximate surface area is 109 Å². The fourth-order valence-electron chi connectivity index (χ4n) is 2.82. The van der Waals surface area contributed by atoms with Crippen LogP contribution in [0.1, 0.15) is 30.3 Å². The van der Waals surface area contributed by atoms with Crippen molar-refractivity contribution in [1.29, 1.82) is 0 Å². The van der Waals surface area contributed by atoms with Crippen LogP contribution in [0.25, 0.3) is 0 Å². The van der Waals surface area contributed by atoms with E-state index in [1.54, 1.807) is 18.4 Å². The lowest BCUT2D eigenvalue weighted by molar-refractivity contribution is 0.0749. The second-order valence-electron chi connectivity index (χ2n) is 5.27. The molecule has 4 heteroatoms. The third kappa shape index (κ3) is 2.58. The van der Waals surface area contributed by atoms with E-state index in [4.69, 9.17) is 4.42 Å². The molecule has 2 rings (SSSR count). The van der Waals surface area contributed by atoms with Gasteiger partial charge in [0.15, 0.2) is 5.76 Å². The lowest BCUT2D eigenvalue weighted by Gasteiger charge is -2.24. The van der Waals surface area contributed by atoms with Gasteiger partial charge >= 0.3 is 0 Å². The number of hydrogen-bond acceptors (Lipinski definition) is 3. The van der Waals surface area contributed by atoms with Crippen LogP contribution in [0.15, 0.2) is 22.8 Å². The molecular weight excluding hydrogens is 228 g/mol. The summed E-state index contributed by atoms with van der Waals surface area (Å²) in [5.74, 6) is 1.04. The van der Waals surface area contributed by atoms with Gasteiger partial charge in [0.05, 0.1) is 6.26 Å². The van der Waals surface area contributed by atoms with E-state index in [0.717, 1.165) is 19.5 Å². The van der Waals surface area contributed by atoms with Gasteiger partial charge in [0.25, 0.3) is 5.91 Å². The molecule has 0 N–H and O–H groups in total. The maximum absolute atomic E-state index is 12.2. The maximum atomic E-state index is 12.2. The normalized spacial score (nSPS) is 23.9. The minimum atomic E-state index is 0.0189. The summed E-state index contributed by atoms with van der Waals surface area (Å²) in [6.45, 7) is 3.84. The number of furan rings is 1. The standard InChI is InChI=1S/C14H22N2O2/c1-4-6-11-9-16(10-12(11)15(2)3)14(17)13-7-5-8-18-13/h5,7-8,11-12H,4,6,9-10H2,1-3H3/t11-,12-/m1/s1. The quantitative estimate of drug-likeness (QED) is 0.821. The van der Waals surface area contributed by atoms with E-state index in [0.29, 0.717) is 17.7 Å².